The highest BCUT2D eigenvalue weighted by Gasteiger charge is 2.03. The molecule has 0 unspecified atom stereocenters. The average molecular weight is 272 g/mol. The Morgan fingerprint density at radius 3 is 2.82 bits per heavy atom. The summed E-state index contributed by atoms with van der Waals surface area (Å²) in [5.41, 5.74) is 6.69. The fourth-order valence-corrected chi connectivity index (χ4v) is 1.61. The van der Waals surface area contributed by atoms with Crippen LogP contribution < -0.4 is 5.73 Å². The van der Waals surface area contributed by atoms with Crippen molar-refractivity contribution >= 4 is 34.9 Å². The molecule has 0 amide bonds. The smallest absolute Gasteiger partial charge is 0.306 e. The molecule has 0 aromatic heterocycles. The second kappa shape index (κ2) is 6.39. The number of halogens is 2. The number of nitrogen functional groups attached to an aromatic ring is 1. The Bertz CT molecular complexity index is 489. The van der Waals surface area contributed by atoms with Gasteiger partial charge < -0.3 is 10.5 Å². The Hall–Kier alpha value is -1.37. The van der Waals surface area contributed by atoms with Crippen molar-refractivity contribution in [3.8, 4) is 11.8 Å². The van der Waals surface area contributed by atoms with Crippen LogP contribution >= 0.6 is 23.2 Å². The van der Waals surface area contributed by atoms with Crippen molar-refractivity contribution in [1.82, 2.24) is 0 Å². The Morgan fingerprint density at radius 1 is 1.47 bits per heavy atom. The third-order valence-electron chi connectivity index (χ3n) is 2.00. The maximum absolute atomic E-state index is 10.8. The lowest BCUT2D eigenvalue weighted by Crippen LogP contribution is -1.98. The van der Waals surface area contributed by atoms with E-state index in [0.29, 0.717) is 27.7 Å². The van der Waals surface area contributed by atoms with Gasteiger partial charge in [0.05, 0.1) is 29.8 Å². The zero-order chi connectivity index (χ0) is 12.8. The van der Waals surface area contributed by atoms with Gasteiger partial charge in [-0.25, -0.2) is 0 Å². The molecule has 1 aromatic rings. The largest absolute Gasteiger partial charge is 0.469 e. The van der Waals surface area contributed by atoms with Crippen molar-refractivity contribution in [3.63, 3.8) is 0 Å². The zero-order valence-electron chi connectivity index (χ0n) is 9.22. The highest BCUT2D eigenvalue weighted by Crippen LogP contribution is 2.26. The van der Waals surface area contributed by atoms with Gasteiger partial charge in [-0.3, -0.25) is 4.79 Å². The molecule has 0 spiro atoms. The number of hydrogen-bond donors (Lipinski definition) is 1. The number of ether oxygens (including phenoxy) is 1. The standard InChI is InChI=1S/C12H11Cl2NO2/c1-17-11(16)5-3-2-4-8-6-9(13)7-10(14)12(8)15/h6-7H,3,5,15H2,1H3. The van der Waals surface area contributed by atoms with E-state index in [1.54, 1.807) is 12.1 Å². The number of anilines is 1. The summed E-state index contributed by atoms with van der Waals surface area (Å²) >= 11 is 11.7. The number of carbonyl (C=O) groups is 1. The van der Waals surface area contributed by atoms with Gasteiger partial charge in [-0.1, -0.05) is 35.0 Å². The maximum Gasteiger partial charge on any atom is 0.306 e. The van der Waals surface area contributed by atoms with E-state index in [4.69, 9.17) is 28.9 Å². The molecule has 17 heavy (non-hydrogen) atoms. The predicted molar refractivity (Wildman–Crippen MR) is 69.0 cm³/mol. The molecule has 1 rings (SSSR count). The number of hydrogen-bond acceptors (Lipinski definition) is 3. The molecule has 0 aliphatic carbocycles. The second-order valence-corrected chi connectivity index (χ2v) is 4.07. The van der Waals surface area contributed by atoms with E-state index in [1.807, 2.05) is 0 Å². The summed E-state index contributed by atoms with van der Waals surface area (Å²) in [6, 6.07) is 3.19. The van der Waals surface area contributed by atoms with Crippen molar-refractivity contribution in [1.29, 1.82) is 0 Å². The van der Waals surface area contributed by atoms with Gasteiger partial charge in [0.2, 0.25) is 0 Å². The van der Waals surface area contributed by atoms with Crippen LogP contribution in [0.1, 0.15) is 18.4 Å². The Morgan fingerprint density at radius 2 is 2.18 bits per heavy atom. The van der Waals surface area contributed by atoms with E-state index in [0.717, 1.165) is 0 Å². The fraction of sp³-hybridized carbons (Fsp3) is 0.250. The summed E-state index contributed by atoms with van der Waals surface area (Å²) in [7, 11) is 1.34. The first-order valence-electron chi connectivity index (χ1n) is 4.84. The van der Waals surface area contributed by atoms with Crippen LogP contribution in [-0.4, -0.2) is 13.1 Å². The van der Waals surface area contributed by atoms with Crippen LogP contribution in [-0.2, 0) is 9.53 Å². The minimum absolute atomic E-state index is 0.248. The van der Waals surface area contributed by atoms with Crippen molar-refractivity contribution in [2.75, 3.05) is 12.8 Å². The minimum atomic E-state index is -0.295. The molecular formula is C12H11Cl2NO2. The van der Waals surface area contributed by atoms with Gasteiger partial charge in [-0.15, -0.1) is 0 Å². The fourth-order valence-electron chi connectivity index (χ4n) is 1.11. The topological polar surface area (TPSA) is 52.3 Å². The number of benzene rings is 1. The Balaban J connectivity index is 2.75. The molecular weight excluding hydrogens is 261 g/mol. The summed E-state index contributed by atoms with van der Waals surface area (Å²) < 4.78 is 4.49. The molecule has 0 aliphatic heterocycles. The van der Waals surface area contributed by atoms with Crippen LogP contribution in [0.25, 0.3) is 0 Å². The lowest BCUT2D eigenvalue weighted by atomic mass is 10.2. The maximum atomic E-state index is 10.8. The van der Waals surface area contributed by atoms with Crippen molar-refractivity contribution in [2.45, 2.75) is 12.8 Å². The first-order chi connectivity index (χ1) is 8.04. The van der Waals surface area contributed by atoms with Gasteiger partial charge in [-0.05, 0) is 12.1 Å². The molecule has 0 bridgehead atoms. The third-order valence-corrected chi connectivity index (χ3v) is 2.53. The van der Waals surface area contributed by atoms with Crippen LogP contribution in [0.2, 0.25) is 10.0 Å². The average Bonchev–Trinajstić information content (AvgIpc) is 2.30. The monoisotopic (exact) mass is 271 g/mol. The van der Waals surface area contributed by atoms with E-state index in [2.05, 4.69) is 16.6 Å². The lowest BCUT2D eigenvalue weighted by molar-refractivity contribution is -0.140. The summed E-state index contributed by atoms with van der Waals surface area (Å²) in [5.74, 6) is 5.34. The molecule has 0 atom stereocenters. The van der Waals surface area contributed by atoms with Crippen molar-refractivity contribution in [2.24, 2.45) is 0 Å². The number of esters is 1. The first kappa shape index (κ1) is 13.7. The summed E-state index contributed by atoms with van der Waals surface area (Å²) in [5, 5.41) is 0.844. The molecule has 2 N–H and O–H groups in total. The van der Waals surface area contributed by atoms with Crippen LogP contribution in [0.3, 0.4) is 0 Å². The van der Waals surface area contributed by atoms with Gasteiger partial charge in [0, 0.05) is 11.4 Å². The van der Waals surface area contributed by atoms with Crippen molar-refractivity contribution < 1.29 is 9.53 Å². The Kier molecular flexibility index (Phi) is 5.14. The van der Waals surface area contributed by atoms with Gasteiger partial charge >= 0.3 is 5.97 Å². The molecule has 0 saturated heterocycles. The van der Waals surface area contributed by atoms with Crippen LogP contribution in [0.5, 0.6) is 0 Å². The molecule has 3 nitrogen and oxygen atoms in total. The molecule has 0 heterocycles. The third kappa shape index (κ3) is 4.18. The van der Waals surface area contributed by atoms with Gasteiger partial charge in [0.25, 0.3) is 0 Å². The summed E-state index contributed by atoms with van der Waals surface area (Å²) in [4.78, 5) is 10.8. The molecule has 0 radical (unpaired) electrons. The van der Waals surface area contributed by atoms with Gasteiger partial charge in [0.1, 0.15) is 0 Å². The Labute approximate surface area is 110 Å². The molecule has 1 aromatic carbocycles. The highest BCUT2D eigenvalue weighted by atomic mass is 35.5. The summed E-state index contributed by atoms with van der Waals surface area (Å²) in [6.45, 7) is 0. The van der Waals surface area contributed by atoms with E-state index < -0.39 is 0 Å². The quantitative estimate of drug-likeness (QED) is 0.511. The molecule has 0 fully saturated rings. The highest BCUT2D eigenvalue weighted by molar-refractivity contribution is 6.36. The van der Waals surface area contributed by atoms with Crippen molar-refractivity contribution in [3.05, 3.63) is 27.7 Å². The van der Waals surface area contributed by atoms with Gasteiger partial charge in [-0.2, -0.15) is 0 Å². The number of rotatable bonds is 2. The lowest BCUT2D eigenvalue weighted by Gasteiger charge is -2.01. The first-order valence-corrected chi connectivity index (χ1v) is 5.60. The summed E-state index contributed by atoms with van der Waals surface area (Å²) in [6.07, 6.45) is 0.647. The van der Waals surface area contributed by atoms with Crippen LogP contribution in [0, 0.1) is 11.8 Å². The van der Waals surface area contributed by atoms with E-state index in [9.17, 15) is 4.79 Å². The SMILES string of the molecule is COC(=O)CCC#Cc1cc(Cl)cc(Cl)c1N. The zero-order valence-corrected chi connectivity index (χ0v) is 10.7. The molecule has 0 saturated carbocycles. The molecule has 5 heteroatoms. The van der Waals surface area contributed by atoms with Gasteiger partial charge in [0.15, 0.2) is 0 Å². The van der Waals surface area contributed by atoms with Crippen LogP contribution in [0.4, 0.5) is 5.69 Å². The number of carbonyl (C=O) groups excluding carboxylic acids is 1. The number of methoxy groups -OCH3 is 1. The molecule has 0 aliphatic rings. The van der Waals surface area contributed by atoms with E-state index in [-0.39, 0.29) is 12.4 Å². The van der Waals surface area contributed by atoms with E-state index >= 15 is 0 Å². The molecule has 90 valence electrons. The minimum Gasteiger partial charge on any atom is -0.469 e. The van der Waals surface area contributed by atoms with E-state index in [1.165, 1.54) is 7.11 Å². The predicted octanol–water partition coefficient (Wildman–Crippen LogP) is 2.88. The number of nitrogens with two attached hydrogens (primary N) is 1. The van der Waals surface area contributed by atoms with Crippen LogP contribution in [0.15, 0.2) is 12.1 Å². The second-order valence-electron chi connectivity index (χ2n) is 3.23. The normalized spacial score (nSPS) is 9.35.